The molecule has 2 aromatic rings. The minimum absolute atomic E-state index is 0.0193. The first kappa shape index (κ1) is 41.7. The van der Waals surface area contributed by atoms with Crippen molar-refractivity contribution < 1.29 is 9.84 Å². The minimum Gasteiger partial charge on any atom is -0.485 e. The normalized spacial score (nSPS) is 10.1. The lowest BCUT2D eigenvalue weighted by Gasteiger charge is -2.25. The first-order valence-corrected chi connectivity index (χ1v) is 16.2. The Labute approximate surface area is 246 Å². The fourth-order valence-corrected chi connectivity index (χ4v) is 4.50. The highest BCUT2D eigenvalue weighted by Crippen LogP contribution is 2.27. The van der Waals surface area contributed by atoms with Crippen molar-refractivity contribution in [1.29, 1.82) is 0 Å². The van der Waals surface area contributed by atoms with Gasteiger partial charge in [-0.2, -0.15) is 0 Å². The van der Waals surface area contributed by atoms with Crippen LogP contribution in [0.5, 0.6) is 5.75 Å². The molecule has 0 unspecified atom stereocenters. The predicted molar refractivity (Wildman–Crippen MR) is 179 cm³/mol. The molecule has 228 valence electrons. The molecule has 0 fully saturated rings. The van der Waals surface area contributed by atoms with Gasteiger partial charge < -0.3 is 9.84 Å². The molecular weight excluding hydrogens is 476 g/mol. The maximum absolute atomic E-state index is 9.28. The van der Waals surface area contributed by atoms with E-state index in [2.05, 4.69) is 79.7 Å². The van der Waals surface area contributed by atoms with E-state index < -0.39 is 5.60 Å². The Balaban J connectivity index is -0.000000563. The van der Waals surface area contributed by atoms with Crippen LogP contribution in [0.4, 0.5) is 0 Å². The van der Waals surface area contributed by atoms with Crippen LogP contribution < -0.4 is 4.74 Å². The van der Waals surface area contributed by atoms with E-state index in [-0.39, 0.29) is 6.61 Å². The van der Waals surface area contributed by atoms with Crippen LogP contribution in [-0.4, -0.2) is 17.3 Å². The van der Waals surface area contributed by atoms with Crippen molar-refractivity contribution in [3.63, 3.8) is 0 Å². The lowest BCUT2D eigenvalue weighted by molar-refractivity contribution is 0.0411. The average molecular weight is 545 g/mol. The zero-order chi connectivity index (χ0) is 31.2. The molecule has 0 aliphatic rings. The van der Waals surface area contributed by atoms with E-state index in [1.54, 1.807) is 16.7 Å². The lowest BCUT2D eigenvalue weighted by atomic mass is 9.89. The zero-order valence-corrected chi connectivity index (χ0v) is 29.2. The van der Waals surface area contributed by atoms with E-state index >= 15 is 0 Å². The highest BCUT2D eigenvalue weighted by molar-refractivity contribution is 5.43. The summed E-state index contributed by atoms with van der Waals surface area (Å²) in [4.78, 5) is 0. The Morgan fingerprint density at radius 1 is 0.590 bits per heavy atom. The molecule has 2 heteroatoms. The summed E-state index contributed by atoms with van der Waals surface area (Å²) in [5.41, 5.74) is 9.85. The van der Waals surface area contributed by atoms with Crippen molar-refractivity contribution >= 4 is 0 Å². The third kappa shape index (κ3) is 14.4. The summed E-state index contributed by atoms with van der Waals surface area (Å²) < 4.78 is 5.89. The van der Waals surface area contributed by atoms with Gasteiger partial charge in [-0.1, -0.05) is 109 Å². The molecule has 1 N–H and O–H groups in total. The molecule has 0 heterocycles. The molecule has 2 rings (SSSR count). The molecule has 0 amide bonds. The van der Waals surface area contributed by atoms with Gasteiger partial charge in [0.1, 0.15) is 11.4 Å². The van der Waals surface area contributed by atoms with Crippen LogP contribution in [0.2, 0.25) is 0 Å². The molecule has 2 aromatic carbocycles. The summed E-state index contributed by atoms with van der Waals surface area (Å²) >= 11 is 0. The van der Waals surface area contributed by atoms with Crippen molar-refractivity contribution in [3.8, 4) is 5.75 Å². The van der Waals surface area contributed by atoms with Crippen molar-refractivity contribution in [2.75, 3.05) is 6.61 Å². The van der Waals surface area contributed by atoms with E-state index in [9.17, 15) is 5.11 Å². The second-order valence-electron chi connectivity index (χ2n) is 9.83. The van der Waals surface area contributed by atoms with E-state index in [0.29, 0.717) is 5.92 Å². The van der Waals surface area contributed by atoms with Crippen molar-refractivity contribution in [1.82, 2.24) is 0 Å². The van der Waals surface area contributed by atoms with Crippen molar-refractivity contribution in [2.45, 2.75) is 161 Å². The molecular formula is C37H68O2. The van der Waals surface area contributed by atoms with Crippen LogP contribution in [0.15, 0.2) is 24.3 Å². The van der Waals surface area contributed by atoms with Gasteiger partial charge in [0.15, 0.2) is 0 Å². The largest absolute Gasteiger partial charge is 0.485 e. The number of aliphatic hydroxyl groups is 1. The molecule has 2 nitrogen and oxygen atoms in total. The Kier molecular flexibility index (Phi) is 25.7. The van der Waals surface area contributed by atoms with Crippen LogP contribution in [0, 0.1) is 0 Å². The molecule has 39 heavy (non-hydrogen) atoms. The molecule has 0 aliphatic heterocycles. The molecule has 0 aliphatic carbocycles. The van der Waals surface area contributed by atoms with Gasteiger partial charge in [0.25, 0.3) is 0 Å². The lowest BCUT2D eigenvalue weighted by Crippen LogP contribution is -2.32. The average Bonchev–Trinajstić information content (AvgIpc) is 2.98. The molecule has 0 atom stereocenters. The summed E-state index contributed by atoms with van der Waals surface area (Å²) in [7, 11) is 0. The van der Waals surface area contributed by atoms with Crippen LogP contribution in [0.3, 0.4) is 0 Å². The van der Waals surface area contributed by atoms with Gasteiger partial charge in [-0.3, -0.25) is 0 Å². The molecule has 0 aromatic heterocycles. The van der Waals surface area contributed by atoms with Crippen molar-refractivity contribution in [2.24, 2.45) is 0 Å². The third-order valence-electron chi connectivity index (χ3n) is 6.54. The number of benzene rings is 2. The number of hydrogen-bond acceptors (Lipinski definition) is 2. The number of aryl methyl sites for hydroxylation is 4. The smallest absolute Gasteiger partial charge is 0.126 e. The fourth-order valence-electron chi connectivity index (χ4n) is 4.50. The van der Waals surface area contributed by atoms with Crippen LogP contribution in [0.25, 0.3) is 0 Å². The van der Waals surface area contributed by atoms with Gasteiger partial charge >= 0.3 is 0 Å². The van der Waals surface area contributed by atoms with E-state index in [1.165, 1.54) is 28.7 Å². The summed E-state index contributed by atoms with van der Waals surface area (Å²) in [6, 6.07) is 9.05. The number of aliphatic hydroxyl groups excluding tert-OH is 1. The van der Waals surface area contributed by atoms with E-state index in [1.807, 2.05) is 55.4 Å². The van der Waals surface area contributed by atoms with E-state index in [4.69, 9.17) is 4.74 Å². The Morgan fingerprint density at radius 2 is 0.897 bits per heavy atom. The summed E-state index contributed by atoms with van der Waals surface area (Å²) in [6.07, 6.45) is 6.61. The highest BCUT2D eigenvalue weighted by Gasteiger charge is 2.19. The molecule has 0 spiro atoms. The minimum atomic E-state index is -0.524. The number of ether oxygens (including phenoxy) is 1. The third-order valence-corrected chi connectivity index (χ3v) is 6.54. The van der Waals surface area contributed by atoms with Gasteiger partial charge in [0.2, 0.25) is 0 Å². The Morgan fingerprint density at radius 3 is 1.13 bits per heavy atom. The molecule has 0 radical (unpaired) electrons. The molecule has 0 saturated carbocycles. The van der Waals surface area contributed by atoms with Gasteiger partial charge in [-0.15, -0.1) is 0 Å². The molecule has 0 saturated heterocycles. The first-order chi connectivity index (χ1) is 18.6. The van der Waals surface area contributed by atoms with Gasteiger partial charge in [-0.05, 0) is 109 Å². The zero-order valence-electron chi connectivity index (χ0n) is 29.2. The second kappa shape index (κ2) is 24.0. The predicted octanol–water partition coefficient (Wildman–Crippen LogP) is 11.1. The quantitative estimate of drug-likeness (QED) is 0.322. The Bertz CT molecular complexity index is 812. The second-order valence-corrected chi connectivity index (χ2v) is 9.83. The van der Waals surface area contributed by atoms with Gasteiger partial charge in [0.05, 0.1) is 6.61 Å². The summed E-state index contributed by atoms with van der Waals surface area (Å²) in [5.74, 6) is 1.52. The van der Waals surface area contributed by atoms with Crippen LogP contribution >= 0.6 is 0 Å². The maximum Gasteiger partial charge on any atom is 0.126 e. The fraction of sp³-hybridized carbons (Fsp3) is 0.676. The van der Waals surface area contributed by atoms with Crippen LogP contribution in [-0.2, 0) is 38.5 Å². The van der Waals surface area contributed by atoms with E-state index in [0.717, 1.165) is 37.9 Å². The summed E-state index contributed by atoms with van der Waals surface area (Å²) in [6.45, 7) is 33.7. The van der Waals surface area contributed by atoms with Gasteiger partial charge in [0, 0.05) is 0 Å². The van der Waals surface area contributed by atoms with Crippen LogP contribution in [0.1, 0.15) is 156 Å². The maximum atomic E-state index is 9.28. The standard InChI is InChI=1S/C16H26O2.C15H24.3C2H6/c1-6-12-9-14(18-16(4,5)11-17)10-13(7-2)15(12)8-3;1-6-12-9-14(11(4)5)10-13(7-2)15(12)8-3;3*1-2/h9-10,17H,6-8,11H2,1-5H3;9-11H,6-8H2,1-5H3;3*1-2H3. The SMILES string of the molecule is CC.CC.CC.CCc1cc(C(C)C)cc(CC)c1CC.CCc1cc(OC(C)(C)CO)cc(CC)c1CC. The highest BCUT2D eigenvalue weighted by atomic mass is 16.5. The number of rotatable bonds is 10. The van der Waals surface area contributed by atoms with Gasteiger partial charge in [-0.25, -0.2) is 0 Å². The Hall–Kier alpha value is -1.80. The summed E-state index contributed by atoms with van der Waals surface area (Å²) in [5, 5.41) is 9.28. The monoisotopic (exact) mass is 545 g/mol. The first-order valence-electron chi connectivity index (χ1n) is 16.2. The topological polar surface area (TPSA) is 29.5 Å². The molecule has 0 bridgehead atoms. The van der Waals surface area contributed by atoms with Crippen molar-refractivity contribution in [3.05, 3.63) is 63.2 Å². The number of hydrogen-bond donors (Lipinski definition) is 1.